The molecule has 0 atom stereocenters. The van der Waals surface area contributed by atoms with Crippen molar-refractivity contribution in [3.63, 3.8) is 0 Å². The van der Waals surface area contributed by atoms with Gasteiger partial charge < -0.3 is 9.42 Å². The van der Waals surface area contributed by atoms with Crippen LogP contribution in [0.3, 0.4) is 0 Å². The van der Waals surface area contributed by atoms with Crippen LogP contribution in [0.15, 0.2) is 41.3 Å². The third-order valence-electron chi connectivity index (χ3n) is 3.91. The molecule has 0 saturated heterocycles. The first-order valence-electron chi connectivity index (χ1n) is 7.74. The monoisotopic (exact) mass is 325 g/mol. The summed E-state index contributed by atoms with van der Waals surface area (Å²) in [5, 5.41) is 8.27. The first kappa shape index (κ1) is 15.9. The van der Waals surface area contributed by atoms with Crippen molar-refractivity contribution in [1.82, 2.24) is 24.8 Å². The molecule has 0 N–H and O–H groups in total. The lowest BCUT2D eigenvalue weighted by molar-refractivity contribution is 0.0771. The zero-order chi connectivity index (χ0) is 17.1. The molecule has 0 unspecified atom stereocenters. The number of amides is 1. The van der Waals surface area contributed by atoms with Crippen LogP contribution in [-0.4, -0.2) is 37.8 Å². The van der Waals surface area contributed by atoms with Gasteiger partial charge in [0.25, 0.3) is 5.91 Å². The number of hydrogen-bond acceptors (Lipinski definition) is 5. The first-order valence-corrected chi connectivity index (χ1v) is 7.74. The maximum absolute atomic E-state index is 12.6. The maximum atomic E-state index is 12.6. The third kappa shape index (κ3) is 3.05. The fraction of sp³-hybridized carbons (Fsp3) is 0.294. The molecule has 0 radical (unpaired) electrons. The average Bonchev–Trinajstić information content (AvgIpc) is 3.21. The summed E-state index contributed by atoms with van der Waals surface area (Å²) in [7, 11) is 1.74. The molecule has 0 aliphatic rings. The van der Waals surface area contributed by atoms with Gasteiger partial charge in [-0.25, -0.2) is 0 Å². The van der Waals surface area contributed by atoms with Gasteiger partial charge in [0.2, 0.25) is 0 Å². The van der Waals surface area contributed by atoms with E-state index in [2.05, 4.69) is 15.2 Å². The number of pyridine rings is 1. The van der Waals surface area contributed by atoms with Crippen molar-refractivity contribution in [1.29, 1.82) is 0 Å². The first-order chi connectivity index (χ1) is 11.6. The third-order valence-corrected chi connectivity index (χ3v) is 3.91. The minimum absolute atomic E-state index is 0.0888. The Hall–Kier alpha value is -2.96. The Morgan fingerprint density at radius 1 is 1.33 bits per heavy atom. The van der Waals surface area contributed by atoms with Crippen LogP contribution in [0.4, 0.5) is 0 Å². The van der Waals surface area contributed by atoms with Crippen molar-refractivity contribution >= 4 is 5.91 Å². The molecule has 7 heteroatoms. The average molecular weight is 325 g/mol. The van der Waals surface area contributed by atoms with Crippen LogP contribution in [0.1, 0.15) is 28.7 Å². The van der Waals surface area contributed by atoms with Gasteiger partial charge in [-0.2, -0.15) is 5.10 Å². The molecule has 0 aliphatic heterocycles. The van der Waals surface area contributed by atoms with E-state index in [1.165, 1.54) is 0 Å². The van der Waals surface area contributed by atoms with E-state index in [9.17, 15) is 4.79 Å². The van der Waals surface area contributed by atoms with Gasteiger partial charge >= 0.3 is 0 Å². The van der Waals surface area contributed by atoms with Gasteiger partial charge in [0, 0.05) is 43.3 Å². The summed E-state index contributed by atoms with van der Waals surface area (Å²) in [6.45, 7) is 4.97. The SMILES string of the molecule is CCn1ncc(C(=O)N(C)Cc2cc(-c3ccncc3)no2)c1C. The fourth-order valence-electron chi connectivity index (χ4n) is 2.53. The molecule has 3 aromatic heterocycles. The van der Waals surface area contributed by atoms with Gasteiger partial charge in [-0.05, 0) is 26.0 Å². The Balaban J connectivity index is 1.73. The second kappa shape index (κ2) is 6.66. The smallest absolute Gasteiger partial charge is 0.257 e. The van der Waals surface area contributed by atoms with Gasteiger partial charge in [0.05, 0.1) is 18.3 Å². The van der Waals surface area contributed by atoms with E-state index in [4.69, 9.17) is 4.52 Å². The molecule has 7 nitrogen and oxygen atoms in total. The van der Waals surface area contributed by atoms with E-state index in [0.29, 0.717) is 17.9 Å². The van der Waals surface area contributed by atoms with E-state index in [-0.39, 0.29) is 5.91 Å². The Labute approximate surface area is 139 Å². The van der Waals surface area contributed by atoms with Crippen LogP contribution < -0.4 is 0 Å². The highest BCUT2D eigenvalue weighted by atomic mass is 16.5. The lowest BCUT2D eigenvalue weighted by Crippen LogP contribution is -2.26. The highest BCUT2D eigenvalue weighted by Gasteiger charge is 2.19. The molecular weight excluding hydrogens is 306 g/mol. The topological polar surface area (TPSA) is 77.1 Å². The molecule has 0 aromatic carbocycles. The zero-order valence-corrected chi connectivity index (χ0v) is 13.9. The van der Waals surface area contributed by atoms with Gasteiger partial charge in [-0.1, -0.05) is 5.16 Å². The van der Waals surface area contributed by atoms with Crippen molar-refractivity contribution in [3.05, 3.63) is 53.8 Å². The van der Waals surface area contributed by atoms with Gasteiger partial charge in [0.15, 0.2) is 5.76 Å². The van der Waals surface area contributed by atoms with E-state index >= 15 is 0 Å². The Morgan fingerprint density at radius 2 is 2.08 bits per heavy atom. The Kier molecular flexibility index (Phi) is 4.41. The molecule has 0 fully saturated rings. The quantitative estimate of drug-likeness (QED) is 0.720. The molecule has 3 heterocycles. The number of hydrogen-bond donors (Lipinski definition) is 0. The zero-order valence-electron chi connectivity index (χ0n) is 13.9. The number of carbonyl (C=O) groups is 1. The number of aromatic nitrogens is 4. The van der Waals surface area contributed by atoms with E-state index in [0.717, 1.165) is 23.5 Å². The lowest BCUT2D eigenvalue weighted by Gasteiger charge is -2.14. The molecular formula is C17H19N5O2. The predicted octanol–water partition coefficient (Wildman–Crippen LogP) is 2.53. The summed E-state index contributed by atoms with van der Waals surface area (Å²) in [5.41, 5.74) is 3.12. The van der Waals surface area contributed by atoms with E-state index < -0.39 is 0 Å². The molecule has 3 aromatic rings. The van der Waals surface area contributed by atoms with Crippen molar-refractivity contribution in [2.75, 3.05) is 7.05 Å². The lowest BCUT2D eigenvalue weighted by atomic mass is 10.2. The number of rotatable bonds is 5. The highest BCUT2D eigenvalue weighted by Crippen LogP contribution is 2.19. The van der Waals surface area contributed by atoms with Crippen LogP contribution in [0.25, 0.3) is 11.3 Å². The molecule has 0 bridgehead atoms. The summed E-state index contributed by atoms with van der Waals surface area (Å²) in [6.07, 6.45) is 5.02. The molecule has 24 heavy (non-hydrogen) atoms. The fourth-order valence-corrected chi connectivity index (χ4v) is 2.53. The van der Waals surface area contributed by atoms with Crippen molar-refractivity contribution in [2.24, 2.45) is 0 Å². The summed E-state index contributed by atoms with van der Waals surface area (Å²) in [4.78, 5) is 18.2. The minimum atomic E-state index is -0.0888. The second-order valence-corrected chi connectivity index (χ2v) is 5.53. The van der Waals surface area contributed by atoms with Crippen LogP contribution >= 0.6 is 0 Å². The Morgan fingerprint density at radius 3 is 2.75 bits per heavy atom. The van der Waals surface area contributed by atoms with E-state index in [1.807, 2.05) is 32.0 Å². The molecule has 0 spiro atoms. The number of carbonyl (C=O) groups excluding carboxylic acids is 1. The largest absolute Gasteiger partial charge is 0.359 e. The standard InChI is InChI=1S/C17H19N5O2/c1-4-22-12(2)15(10-19-22)17(23)21(3)11-14-9-16(20-24-14)13-5-7-18-8-6-13/h5-10H,4,11H2,1-3H3. The predicted molar refractivity (Wildman–Crippen MR) is 88.2 cm³/mol. The maximum Gasteiger partial charge on any atom is 0.257 e. The summed E-state index contributed by atoms with van der Waals surface area (Å²) < 4.78 is 7.15. The molecule has 124 valence electrons. The molecule has 0 aliphatic carbocycles. The normalized spacial score (nSPS) is 10.8. The van der Waals surface area contributed by atoms with Crippen LogP contribution in [-0.2, 0) is 13.1 Å². The summed E-state index contributed by atoms with van der Waals surface area (Å²) >= 11 is 0. The molecule has 3 rings (SSSR count). The highest BCUT2D eigenvalue weighted by molar-refractivity contribution is 5.94. The Bertz CT molecular complexity index is 838. The van der Waals surface area contributed by atoms with Crippen molar-refractivity contribution in [3.8, 4) is 11.3 Å². The van der Waals surface area contributed by atoms with Crippen LogP contribution in [0.2, 0.25) is 0 Å². The van der Waals surface area contributed by atoms with Gasteiger partial charge in [0.1, 0.15) is 5.69 Å². The second-order valence-electron chi connectivity index (χ2n) is 5.53. The van der Waals surface area contributed by atoms with Gasteiger partial charge in [-0.15, -0.1) is 0 Å². The molecule has 1 amide bonds. The minimum Gasteiger partial charge on any atom is -0.359 e. The van der Waals surface area contributed by atoms with Crippen molar-refractivity contribution < 1.29 is 9.32 Å². The van der Waals surface area contributed by atoms with E-state index in [1.54, 1.807) is 35.2 Å². The van der Waals surface area contributed by atoms with Gasteiger partial charge in [-0.3, -0.25) is 14.5 Å². The molecule has 0 saturated carbocycles. The van der Waals surface area contributed by atoms with Crippen LogP contribution in [0.5, 0.6) is 0 Å². The number of nitrogens with zero attached hydrogens (tertiary/aromatic N) is 5. The summed E-state index contributed by atoms with van der Waals surface area (Å²) in [6, 6.07) is 5.55. The van der Waals surface area contributed by atoms with Crippen molar-refractivity contribution in [2.45, 2.75) is 26.9 Å². The number of aryl methyl sites for hydroxylation is 1. The van der Waals surface area contributed by atoms with Crippen LogP contribution in [0, 0.1) is 6.92 Å². The summed E-state index contributed by atoms with van der Waals surface area (Å²) in [5.74, 6) is 0.534.